The summed E-state index contributed by atoms with van der Waals surface area (Å²) in [5.41, 5.74) is 2.37. The summed E-state index contributed by atoms with van der Waals surface area (Å²) in [6.45, 7) is 5.57. The van der Waals surface area contributed by atoms with E-state index in [1.165, 1.54) is 0 Å². The van der Waals surface area contributed by atoms with E-state index in [2.05, 4.69) is 35.1 Å². The summed E-state index contributed by atoms with van der Waals surface area (Å²) in [4.78, 5) is 24.8. The first-order valence-electron chi connectivity index (χ1n) is 12.3. The van der Waals surface area contributed by atoms with Crippen molar-refractivity contribution < 1.29 is 19.1 Å². The number of rotatable bonds is 12. The van der Waals surface area contributed by atoms with E-state index in [4.69, 9.17) is 9.47 Å². The molecule has 190 valence electrons. The van der Waals surface area contributed by atoms with Crippen LogP contribution in [0.2, 0.25) is 0 Å². The van der Waals surface area contributed by atoms with Gasteiger partial charge < -0.3 is 30.7 Å². The lowest BCUT2D eigenvalue weighted by molar-refractivity contribution is 0.261. The lowest BCUT2D eigenvalue weighted by Crippen LogP contribution is -2.21. The van der Waals surface area contributed by atoms with Gasteiger partial charge in [-0.15, -0.1) is 0 Å². The van der Waals surface area contributed by atoms with Crippen molar-refractivity contribution in [1.82, 2.24) is 0 Å². The Morgan fingerprint density at radius 3 is 1.36 bits per heavy atom. The maximum atomic E-state index is 12.4. The van der Waals surface area contributed by atoms with Gasteiger partial charge in [-0.3, -0.25) is 0 Å². The average molecular weight is 491 g/mol. The van der Waals surface area contributed by atoms with Crippen LogP contribution in [0.5, 0.6) is 11.5 Å². The molecule has 4 N–H and O–H groups in total. The third-order valence-electron chi connectivity index (χ3n) is 5.14. The zero-order valence-electron chi connectivity index (χ0n) is 20.8. The molecule has 0 aromatic heterocycles. The van der Waals surface area contributed by atoms with Gasteiger partial charge in [0.2, 0.25) is 0 Å². The molecule has 0 bridgehead atoms. The fourth-order valence-electron chi connectivity index (χ4n) is 3.20. The minimum atomic E-state index is -0.391. The number of carbonyl (C=O) groups is 2. The monoisotopic (exact) mass is 490 g/mol. The topological polar surface area (TPSA) is 101 Å². The molecule has 0 spiro atoms. The van der Waals surface area contributed by atoms with Crippen LogP contribution in [0.4, 0.5) is 32.3 Å². The summed E-state index contributed by atoms with van der Waals surface area (Å²) < 4.78 is 11.3. The fraction of sp³-hybridized carbons (Fsp3) is 0.286. The summed E-state index contributed by atoms with van der Waals surface area (Å²) in [5, 5.41) is 11.1. The van der Waals surface area contributed by atoms with Gasteiger partial charge >= 0.3 is 12.1 Å². The third-order valence-corrected chi connectivity index (χ3v) is 5.14. The predicted molar refractivity (Wildman–Crippen MR) is 145 cm³/mol. The van der Waals surface area contributed by atoms with Crippen molar-refractivity contribution in [2.75, 3.05) is 34.5 Å². The number of ether oxygens (including phenoxy) is 2. The number of hydrogen-bond acceptors (Lipinski definition) is 4. The Kier molecular flexibility index (Phi) is 10.5. The standard InChI is InChI=1S/C28H34N4O4/c1-3-5-18-35-25-14-10-21(11-15-25)29-27(33)31-23-8-7-9-24(20-23)32-28(34)30-22-12-16-26(17-13-22)36-19-6-4-2/h7-17,20H,3-6,18-19H2,1-2H3,(H2,29,31,33)(H2,30,32,34). The molecule has 3 aromatic rings. The highest BCUT2D eigenvalue weighted by Gasteiger charge is 2.07. The van der Waals surface area contributed by atoms with E-state index in [0.29, 0.717) is 36.0 Å². The molecular weight excluding hydrogens is 456 g/mol. The summed E-state index contributed by atoms with van der Waals surface area (Å²) in [6, 6.07) is 20.5. The number of hydrogen-bond donors (Lipinski definition) is 4. The SMILES string of the molecule is CCCCOc1ccc(NC(=O)Nc2cccc(NC(=O)Nc3ccc(OCCCC)cc3)c2)cc1. The molecule has 36 heavy (non-hydrogen) atoms. The second kappa shape index (κ2) is 14.3. The number of nitrogens with one attached hydrogen (secondary N) is 4. The zero-order valence-corrected chi connectivity index (χ0v) is 20.8. The number of carbonyl (C=O) groups excluding carboxylic acids is 2. The Morgan fingerprint density at radius 2 is 0.972 bits per heavy atom. The van der Waals surface area contributed by atoms with Crippen molar-refractivity contribution in [2.45, 2.75) is 39.5 Å². The van der Waals surface area contributed by atoms with E-state index in [1.54, 1.807) is 48.5 Å². The normalized spacial score (nSPS) is 10.3. The summed E-state index contributed by atoms with van der Waals surface area (Å²) in [6.07, 6.45) is 4.15. The van der Waals surface area contributed by atoms with Gasteiger partial charge in [-0.1, -0.05) is 32.8 Å². The van der Waals surface area contributed by atoms with Gasteiger partial charge in [0.1, 0.15) is 11.5 Å². The molecule has 8 nitrogen and oxygen atoms in total. The van der Waals surface area contributed by atoms with E-state index in [-0.39, 0.29) is 0 Å². The van der Waals surface area contributed by atoms with Gasteiger partial charge in [0.25, 0.3) is 0 Å². The van der Waals surface area contributed by atoms with E-state index in [0.717, 1.165) is 37.2 Å². The molecule has 4 amide bonds. The fourth-order valence-corrected chi connectivity index (χ4v) is 3.20. The minimum absolute atomic E-state index is 0.391. The minimum Gasteiger partial charge on any atom is -0.494 e. The van der Waals surface area contributed by atoms with Crippen LogP contribution in [-0.4, -0.2) is 25.3 Å². The Balaban J connectivity index is 1.47. The van der Waals surface area contributed by atoms with Crippen molar-refractivity contribution in [2.24, 2.45) is 0 Å². The van der Waals surface area contributed by atoms with Gasteiger partial charge in [0.15, 0.2) is 0 Å². The Hall–Kier alpha value is -4.20. The van der Waals surface area contributed by atoms with Gasteiger partial charge in [0.05, 0.1) is 13.2 Å². The Morgan fingerprint density at radius 1 is 0.583 bits per heavy atom. The molecule has 0 fully saturated rings. The molecule has 8 heteroatoms. The summed E-state index contributed by atoms with van der Waals surface area (Å²) in [7, 11) is 0. The molecule has 0 heterocycles. The second-order valence-corrected chi connectivity index (χ2v) is 8.19. The molecule has 0 atom stereocenters. The molecule has 0 aliphatic rings. The smallest absolute Gasteiger partial charge is 0.323 e. The van der Waals surface area contributed by atoms with Crippen LogP contribution in [0, 0.1) is 0 Å². The molecule has 0 saturated heterocycles. The highest BCUT2D eigenvalue weighted by Crippen LogP contribution is 2.19. The lowest BCUT2D eigenvalue weighted by atomic mass is 10.2. The van der Waals surface area contributed by atoms with E-state index in [9.17, 15) is 9.59 Å². The number of anilines is 4. The van der Waals surface area contributed by atoms with Crippen LogP contribution < -0.4 is 30.7 Å². The quantitative estimate of drug-likeness (QED) is 0.200. The van der Waals surface area contributed by atoms with Gasteiger partial charge in [-0.05, 0) is 79.6 Å². The largest absolute Gasteiger partial charge is 0.494 e. The van der Waals surface area contributed by atoms with Crippen molar-refractivity contribution in [1.29, 1.82) is 0 Å². The molecule has 0 radical (unpaired) electrons. The molecule has 0 aliphatic carbocycles. The lowest BCUT2D eigenvalue weighted by Gasteiger charge is -2.12. The molecule has 0 saturated carbocycles. The predicted octanol–water partition coefficient (Wildman–Crippen LogP) is 7.33. The van der Waals surface area contributed by atoms with Crippen molar-refractivity contribution in [3.05, 3.63) is 72.8 Å². The highest BCUT2D eigenvalue weighted by atomic mass is 16.5. The van der Waals surface area contributed by atoms with E-state index >= 15 is 0 Å². The first kappa shape index (κ1) is 26.4. The van der Waals surface area contributed by atoms with E-state index in [1.807, 2.05) is 24.3 Å². The van der Waals surface area contributed by atoms with Crippen molar-refractivity contribution in [3.63, 3.8) is 0 Å². The van der Waals surface area contributed by atoms with Gasteiger partial charge in [0, 0.05) is 22.7 Å². The summed E-state index contributed by atoms with van der Waals surface area (Å²) in [5.74, 6) is 1.53. The number of amides is 4. The van der Waals surface area contributed by atoms with Crippen LogP contribution in [0.25, 0.3) is 0 Å². The van der Waals surface area contributed by atoms with Gasteiger partial charge in [-0.2, -0.15) is 0 Å². The molecule has 0 aliphatic heterocycles. The van der Waals surface area contributed by atoms with Crippen molar-refractivity contribution in [3.8, 4) is 11.5 Å². The van der Waals surface area contributed by atoms with E-state index < -0.39 is 12.1 Å². The van der Waals surface area contributed by atoms with Crippen LogP contribution in [0.3, 0.4) is 0 Å². The van der Waals surface area contributed by atoms with Crippen LogP contribution in [0.15, 0.2) is 72.8 Å². The number of unbranched alkanes of at least 4 members (excludes halogenated alkanes) is 2. The second-order valence-electron chi connectivity index (χ2n) is 8.19. The van der Waals surface area contributed by atoms with Crippen LogP contribution >= 0.6 is 0 Å². The average Bonchev–Trinajstić information content (AvgIpc) is 2.86. The van der Waals surface area contributed by atoms with Crippen LogP contribution in [-0.2, 0) is 0 Å². The highest BCUT2D eigenvalue weighted by molar-refractivity contribution is 6.02. The Labute approximate surface area is 212 Å². The third kappa shape index (κ3) is 9.21. The zero-order chi connectivity index (χ0) is 25.6. The van der Waals surface area contributed by atoms with Crippen molar-refractivity contribution >= 4 is 34.8 Å². The van der Waals surface area contributed by atoms with Crippen LogP contribution in [0.1, 0.15) is 39.5 Å². The molecular formula is C28H34N4O4. The summed E-state index contributed by atoms with van der Waals surface area (Å²) >= 11 is 0. The maximum Gasteiger partial charge on any atom is 0.323 e. The van der Waals surface area contributed by atoms with Gasteiger partial charge in [-0.25, -0.2) is 9.59 Å². The molecule has 3 rings (SSSR count). The molecule has 0 unspecified atom stereocenters. The Bertz CT molecular complexity index is 1020. The first-order chi connectivity index (χ1) is 17.6. The first-order valence-corrected chi connectivity index (χ1v) is 12.3. The molecule has 3 aromatic carbocycles. The number of benzene rings is 3. The number of urea groups is 2. The maximum absolute atomic E-state index is 12.4.